The fraction of sp³-hybridized carbons (Fsp3) is 0.250. The van der Waals surface area contributed by atoms with E-state index in [1.165, 1.54) is 0 Å². The smallest absolute Gasteiger partial charge is 0.810 e. The monoisotopic (exact) mass is 534 g/mol. The van der Waals surface area contributed by atoms with Gasteiger partial charge in [-0.1, -0.05) is 31.3 Å². The van der Waals surface area contributed by atoms with Crippen LogP contribution in [0.2, 0.25) is 5.02 Å². The molecule has 142 valence electrons. The molecule has 2 aromatic carbocycles. The van der Waals surface area contributed by atoms with Crippen LogP contribution in [0.25, 0.3) is 0 Å². The molecule has 0 radical (unpaired) electrons. The van der Waals surface area contributed by atoms with E-state index in [2.05, 4.69) is 0 Å². The molecule has 0 spiro atoms. The molecule has 2 aromatic rings. The van der Waals surface area contributed by atoms with Crippen LogP contribution in [-0.2, 0) is 21.1 Å². The van der Waals surface area contributed by atoms with Crippen molar-refractivity contribution in [3.63, 3.8) is 0 Å². The fourth-order valence-electron chi connectivity index (χ4n) is 2.34. The summed E-state index contributed by atoms with van der Waals surface area (Å²) in [4.78, 5) is 19.5. The van der Waals surface area contributed by atoms with E-state index in [0.717, 1.165) is 5.56 Å². The summed E-state index contributed by atoms with van der Waals surface area (Å²) in [5, 5.41) is 0.572. The van der Waals surface area contributed by atoms with Crippen LogP contribution in [0.15, 0.2) is 48.5 Å². The Labute approximate surface area is 303 Å². The first kappa shape index (κ1) is 34.7. The second kappa shape index (κ2) is 16.2. The first-order valence-electron chi connectivity index (χ1n) is 7.54. The van der Waals surface area contributed by atoms with Crippen LogP contribution in [-0.4, -0.2) is 18.0 Å². The van der Waals surface area contributed by atoms with Gasteiger partial charge in [-0.05, 0) is 61.2 Å². The van der Waals surface area contributed by atoms with Crippen LogP contribution in [0.3, 0.4) is 0 Å². The van der Waals surface area contributed by atoms with Crippen LogP contribution in [0, 0.1) is 0 Å². The van der Waals surface area contributed by atoms with E-state index in [-0.39, 0.29) is 167 Å². The maximum absolute atomic E-state index is 11.0. The van der Waals surface area contributed by atoms with Crippen molar-refractivity contribution in [1.29, 1.82) is 0 Å². The van der Waals surface area contributed by atoms with E-state index in [9.17, 15) is 27.3 Å². The normalized spacial score (nSPS) is 12.0. The zero-order valence-electron chi connectivity index (χ0n) is 16.4. The third kappa shape index (κ3) is 13.2. The molecule has 0 fully saturated rings. The molecule has 2 rings (SSSR count). The first-order valence-corrected chi connectivity index (χ1v) is 11.0. The van der Waals surface area contributed by atoms with Crippen LogP contribution >= 0.6 is 19.2 Å². The van der Waals surface area contributed by atoms with Gasteiger partial charge in [-0.3, -0.25) is 0 Å². The summed E-state index contributed by atoms with van der Waals surface area (Å²) in [5.41, 5.74) is 0.741. The Kier molecular flexibility index (Phi) is 19.4. The van der Waals surface area contributed by atoms with Crippen molar-refractivity contribution in [2.24, 2.45) is 0 Å². The summed E-state index contributed by atoms with van der Waals surface area (Å²) in [7, 11) is -10.7. The molecule has 13 heteroatoms. The van der Waals surface area contributed by atoms with Crippen LogP contribution in [0.1, 0.15) is 18.4 Å². The number of aryl methyl sites for hydroxylation is 1. The number of benzene rings is 2. The Hall–Kier alpha value is 3.50. The molecular weight excluding hydrogens is 520 g/mol. The molecule has 0 aliphatic carbocycles. The molecule has 7 nitrogen and oxygen atoms in total. The van der Waals surface area contributed by atoms with E-state index < -0.39 is 29.1 Å². The minimum Gasteiger partial charge on any atom is -0.810 e. The second-order valence-electron chi connectivity index (χ2n) is 5.58. The standard InChI is InChI=1S/C16H18ClO7PS.3K/c17-13-7-9-14(10-8-13)24-15-5-1-3-12(11-15)4-2-6-16(25(18,19)20)26(21,22)23;;;/h1,3,5,7-11,16H,2,4,6H2,(H2,18,19,20)(H,21,22,23);;;/q;3*+1/p-3. The van der Waals surface area contributed by atoms with Gasteiger partial charge in [-0.25, -0.2) is 8.42 Å². The molecule has 1 atom stereocenters. The van der Waals surface area contributed by atoms with Gasteiger partial charge in [0, 0.05) is 5.02 Å². The van der Waals surface area contributed by atoms with Gasteiger partial charge < -0.3 is 23.6 Å². The van der Waals surface area contributed by atoms with Gasteiger partial charge in [0.25, 0.3) is 0 Å². The maximum Gasteiger partial charge on any atom is 1.00 e. The van der Waals surface area contributed by atoms with Gasteiger partial charge in [0.1, 0.15) is 21.6 Å². The van der Waals surface area contributed by atoms with Gasteiger partial charge in [0.15, 0.2) is 0 Å². The van der Waals surface area contributed by atoms with Gasteiger partial charge in [0.2, 0.25) is 0 Å². The Morgan fingerprint density at radius 2 is 1.59 bits per heavy atom. The maximum atomic E-state index is 11.0. The second-order valence-corrected chi connectivity index (χ2v) is 9.63. The van der Waals surface area contributed by atoms with Gasteiger partial charge >= 0.3 is 154 Å². The van der Waals surface area contributed by atoms with Gasteiger partial charge in [-0.15, -0.1) is 0 Å². The molecule has 0 heterocycles. The quantitative estimate of drug-likeness (QED) is 0.187. The van der Waals surface area contributed by atoms with Crippen molar-refractivity contribution in [2.75, 3.05) is 0 Å². The van der Waals surface area contributed by atoms with Crippen molar-refractivity contribution in [3.05, 3.63) is 59.1 Å². The summed E-state index contributed by atoms with van der Waals surface area (Å²) in [6, 6.07) is 13.6. The SMILES string of the molecule is O=P([O-])([O-])C(CCCc1cccc(Oc2ccc(Cl)cc2)c1)S(=O)(=O)[O-].[K+].[K+].[K+]. The Morgan fingerprint density at radius 1 is 1.00 bits per heavy atom. The van der Waals surface area contributed by atoms with Crippen LogP contribution in [0.5, 0.6) is 11.5 Å². The zero-order chi connectivity index (χ0) is 19.4. The topological polar surface area (TPSA) is 130 Å². The molecule has 1 unspecified atom stereocenters. The zero-order valence-corrected chi connectivity index (χ0v) is 28.2. The van der Waals surface area contributed by atoms with E-state index in [4.69, 9.17) is 16.3 Å². The average Bonchev–Trinajstić information content (AvgIpc) is 2.52. The molecule has 0 saturated heterocycles. The van der Waals surface area contributed by atoms with Crippen molar-refractivity contribution < 1.29 is 186 Å². The van der Waals surface area contributed by atoms with Crippen molar-refractivity contribution in [1.82, 2.24) is 0 Å². The summed E-state index contributed by atoms with van der Waals surface area (Å²) < 4.78 is 49.5. The van der Waals surface area contributed by atoms with Crippen molar-refractivity contribution in [2.45, 2.75) is 24.3 Å². The predicted octanol–water partition coefficient (Wildman–Crippen LogP) is -6.75. The van der Waals surface area contributed by atoms with E-state index in [1.54, 1.807) is 48.5 Å². The minimum absolute atomic E-state index is 0. The van der Waals surface area contributed by atoms with E-state index in [0.29, 0.717) is 16.5 Å². The molecular formula is C16H15ClK3O7PS. The number of rotatable bonds is 8. The van der Waals surface area contributed by atoms with Gasteiger partial charge in [-0.2, -0.15) is 0 Å². The van der Waals surface area contributed by atoms with Crippen molar-refractivity contribution >= 4 is 29.3 Å². The molecule has 0 aliphatic heterocycles. The van der Waals surface area contributed by atoms with Crippen LogP contribution in [0.4, 0.5) is 0 Å². The van der Waals surface area contributed by atoms with E-state index >= 15 is 0 Å². The average molecular weight is 535 g/mol. The fourth-order valence-corrected chi connectivity index (χ4v) is 4.69. The molecule has 0 saturated carbocycles. The molecule has 0 amide bonds. The molecule has 0 N–H and O–H groups in total. The third-order valence-corrected chi connectivity index (χ3v) is 7.22. The Balaban J connectivity index is 0. The summed E-state index contributed by atoms with van der Waals surface area (Å²) >= 11 is 5.80. The molecule has 0 aliphatic rings. The number of hydrogen-bond donors (Lipinski definition) is 0. The largest absolute Gasteiger partial charge is 1.00 e. The summed E-state index contributed by atoms with van der Waals surface area (Å²) in [5.74, 6) is 1.10. The van der Waals surface area contributed by atoms with Crippen LogP contribution < -0.4 is 169 Å². The third-order valence-electron chi connectivity index (χ3n) is 3.55. The van der Waals surface area contributed by atoms with Crippen molar-refractivity contribution in [3.8, 4) is 11.5 Å². The number of halogens is 1. The Bertz CT molecular complexity index is 907. The summed E-state index contributed by atoms with van der Waals surface area (Å²) in [6.07, 6.45) is -0.215. The first-order chi connectivity index (χ1) is 12.1. The molecule has 0 bridgehead atoms. The molecule has 29 heavy (non-hydrogen) atoms. The Morgan fingerprint density at radius 3 is 2.10 bits per heavy atom. The minimum atomic E-state index is -5.51. The number of hydrogen-bond acceptors (Lipinski definition) is 7. The predicted molar refractivity (Wildman–Crippen MR) is 92.0 cm³/mol. The molecule has 0 aromatic heterocycles. The summed E-state index contributed by atoms with van der Waals surface area (Å²) in [6.45, 7) is 0. The number of ether oxygens (including phenoxy) is 1. The van der Waals surface area contributed by atoms with Gasteiger partial charge in [0.05, 0.1) is 4.99 Å². The van der Waals surface area contributed by atoms with E-state index in [1.807, 2.05) is 0 Å².